The second-order valence-electron chi connectivity index (χ2n) is 1.78. The Morgan fingerprint density at radius 1 is 1.50 bits per heavy atom. The highest BCUT2D eigenvalue weighted by Crippen LogP contribution is 1.87. The molecule has 0 aliphatic rings. The van der Waals surface area contributed by atoms with Crippen LogP contribution in [0.25, 0.3) is 0 Å². The van der Waals surface area contributed by atoms with Gasteiger partial charge in [0.2, 0.25) is 0 Å². The fraction of sp³-hybridized carbons (Fsp3) is 0.500. The molecular formula is C4H9N2O4+. The molecule has 6 nitrogen and oxygen atoms in total. The number of quaternary nitrogens is 1. The number of carboxylic acids is 1. The van der Waals surface area contributed by atoms with Gasteiger partial charge >= 0.3 is 11.9 Å². The molecule has 2 atom stereocenters. The monoisotopic (exact) mass is 149 g/mol. The van der Waals surface area contributed by atoms with Crippen LogP contribution in [0.5, 0.6) is 0 Å². The number of aliphatic hydroxyl groups excluding tert-OH is 1. The molecule has 0 radical (unpaired) electrons. The van der Waals surface area contributed by atoms with Crippen molar-refractivity contribution in [1.82, 2.24) is 0 Å². The number of carbonyl (C=O) groups excluding carboxylic acids is 1. The van der Waals surface area contributed by atoms with Crippen LogP contribution in [0.4, 0.5) is 0 Å². The van der Waals surface area contributed by atoms with E-state index in [0.29, 0.717) is 0 Å². The molecule has 0 saturated heterocycles. The van der Waals surface area contributed by atoms with Crippen LogP contribution in [0.3, 0.4) is 0 Å². The van der Waals surface area contributed by atoms with Crippen molar-refractivity contribution in [3.63, 3.8) is 0 Å². The van der Waals surface area contributed by atoms with E-state index in [1.54, 1.807) is 0 Å². The van der Waals surface area contributed by atoms with E-state index in [2.05, 4.69) is 5.73 Å². The Morgan fingerprint density at radius 2 is 1.90 bits per heavy atom. The number of carbonyl (C=O) groups is 2. The average molecular weight is 149 g/mol. The van der Waals surface area contributed by atoms with E-state index in [4.69, 9.17) is 15.9 Å². The summed E-state index contributed by atoms with van der Waals surface area (Å²) in [6.07, 6.45) is -1.86. The third-order valence-corrected chi connectivity index (χ3v) is 0.965. The topological polar surface area (TPSA) is 128 Å². The first-order chi connectivity index (χ1) is 4.46. The molecule has 0 fully saturated rings. The number of nitrogens with two attached hydrogens (primary N) is 1. The van der Waals surface area contributed by atoms with E-state index in [0.717, 1.165) is 0 Å². The van der Waals surface area contributed by atoms with E-state index >= 15 is 0 Å². The summed E-state index contributed by atoms with van der Waals surface area (Å²) in [5.74, 6) is -2.32. The number of aliphatic carboxylic acids is 1. The molecule has 58 valence electrons. The number of amides is 1. The molecule has 6 heteroatoms. The summed E-state index contributed by atoms with van der Waals surface area (Å²) in [5, 5.41) is 16.7. The molecule has 0 aromatic heterocycles. The minimum atomic E-state index is -1.86. The molecule has 0 heterocycles. The van der Waals surface area contributed by atoms with Crippen LogP contribution < -0.4 is 11.5 Å². The van der Waals surface area contributed by atoms with Gasteiger partial charge in [0.05, 0.1) is 0 Å². The number of hydrogen-bond acceptors (Lipinski definition) is 4. The number of rotatable bonds is 3. The lowest BCUT2D eigenvalue weighted by molar-refractivity contribution is -0.309. The molecule has 0 saturated carbocycles. The van der Waals surface area contributed by atoms with Crippen LogP contribution in [-0.2, 0) is 9.59 Å². The minimum absolute atomic E-state index is 0.796. The second-order valence-corrected chi connectivity index (χ2v) is 1.78. The van der Waals surface area contributed by atoms with Crippen LogP contribution in [0.15, 0.2) is 0 Å². The van der Waals surface area contributed by atoms with Crippen LogP contribution >= 0.6 is 0 Å². The maximum absolute atomic E-state index is 10.2. The van der Waals surface area contributed by atoms with Crippen LogP contribution in [-0.4, -0.2) is 34.2 Å². The summed E-state index contributed by atoms with van der Waals surface area (Å²) in [4.78, 5) is 20.2. The molecule has 0 aliphatic carbocycles. The lowest BCUT2D eigenvalue weighted by Crippen LogP contribution is -2.68. The van der Waals surface area contributed by atoms with Crippen molar-refractivity contribution >= 4 is 11.9 Å². The molecule has 0 aromatic rings. The van der Waals surface area contributed by atoms with Crippen LogP contribution in [0.2, 0.25) is 0 Å². The first-order valence-corrected chi connectivity index (χ1v) is 2.49. The predicted octanol–water partition coefficient (Wildman–Crippen LogP) is -3.47. The summed E-state index contributed by atoms with van der Waals surface area (Å²) in [5.41, 5.74) is 7.77. The highest BCUT2D eigenvalue weighted by atomic mass is 16.4. The third kappa shape index (κ3) is 2.09. The fourth-order valence-corrected chi connectivity index (χ4v) is 0.330. The highest BCUT2D eigenvalue weighted by molar-refractivity contribution is 5.82. The molecule has 0 spiro atoms. The molecule has 1 amide bonds. The van der Waals surface area contributed by atoms with Gasteiger partial charge in [0.25, 0.3) is 0 Å². The van der Waals surface area contributed by atoms with Gasteiger partial charge in [-0.15, -0.1) is 0 Å². The average Bonchev–Trinajstić information content (AvgIpc) is 1.84. The molecule has 0 bridgehead atoms. The van der Waals surface area contributed by atoms with Crippen molar-refractivity contribution in [3.8, 4) is 0 Å². The fourth-order valence-electron chi connectivity index (χ4n) is 0.330. The van der Waals surface area contributed by atoms with Gasteiger partial charge in [-0.2, -0.15) is 0 Å². The maximum atomic E-state index is 10.2. The van der Waals surface area contributed by atoms with Gasteiger partial charge in [-0.25, -0.2) is 9.59 Å². The Balaban J connectivity index is 4.07. The Hall–Kier alpha value is -0.980. The standard InChI is InChI=1S/C4H8N2O4/c5-1(3(6)8)2(7)4(9)10/h1-2,7H,5H2,(H2,6,8)(H,9,10)/p+1. The van der Waals surface area contributed by atoms with Crippen LogP contribution in [0, 0.1) is 0 Å². The lowest BCUT2D eigenvalue weighted by Gasteiger charge is -2.07. The van der Waals surface area contributed by atoms with E-state index < -0.39 is 24.0 Å². The van der Waals surface area contributed by atoms with E-state index in [9.17, 15) is 9.59 Å². The zero-order valence-corrected chi connectivity index (χ0v) is 5.15. The van der Waals surface area contributed by atoms with E-state index in [1.165, 1.54) is 0 Å². The zero-order valence-electron chi connectivity index (χ0n) is 5.15. The van der Waals surface area contributed by atoms with Gasteiger partial charge in [-0.05, 0) is 0 Å². The molecule has 7 N–H and O–H groups in total. The molecule has 2 unspecified atom stereocenters. The summed E-state index contributed by atoms with van der Waals surface area (Å²) < 4.78 is 0. The Labute approximate surface area is 56.4 Å². The summed E-state index contributed by atoms with van der Waals surface area (Å²) in [6.45, 7) is 0. The van der Waals surface area contributed by atoms with Crippen molar-refractivity contribution in [3.05, 3.63) is 0 Å². The molecule has 10 heavy (non-hydrogen) atoms. The number of carboxylic acid groups (broad SMARTS) is 1. The third-order valence-electron chi connectivity index (χ3n) is 0.965. The van der Waals surface area contributed by atoms with Gasteiger partial charge in [-0.1, -0.05) is 0 Å². The van der Waals surface area contributed by atoms with Crippen molar-refractivity contribution in [2.45, 2.75) is 12.1 Å². The van der Waals surface area contributed by atoms with Gasteiger partial charge in [0.15, 0.2) is 12.1 Å². The minimum Gasteiger partial charge on any atom is -0.479 e. The molecule has 0 rings (SSSR count). The summed E-state index contributed by atoms with van der Waals surface area (Å²) in [7, 11) is 0. The summed E-state index contributed by atoms with van der Waals surface area (Å²) in [6, 6.07) is -1.43. The molecular weight excluding hydrogens is 140 g/mol. The van der Waals surface area contributed by atoms with E-state index in [1.807, 2.05) is 0 Å². The second kappa shape index (κ2) is 3.25. The van der Waals surface area contributed by atoms with E-state index in [-0.39, 0.29) is 0 Å². The quantitative estimate of drug-likeness (QED) is 0.331. The SMILES string of the molecule is NC(C([NH3+])=O)C(O)C(=O)O. The van der Waals surface area contributed by atoms with Crippen molar-refractivity contribution < 1.29 is 25.5 Å². The van der Waals surface area contributed by atoms with Gasteiger partial charge in [0.1, 0.15) is 0 Å². The Morgan fingerprint density at radius 3 is 2.00 bits per heavy atom. The maximum Gasteiger partial charge on any atom is 0.334 e. The number of aliphatic hydroxyl groups is 1. The Kier molecular flexibility index (Phi) is 2.94. The number of hydrogen-bond donors (Lipinski definition) is 4. The normalized spacial score (nSPS) is 15.9. The van der Waals surface area contributed by atoms with Crippen molar-refractivity contribution in [2.75, 3.05) is 0 Å². The first kappa shape index (κ1) is 9.02. The van der Waals surface area contributed by atoms with Gasteiger partial charge < -0.3 is 15.9 Å². The summed E-state index contributed by atoms with van der Waals surface area (Å²) >= 11 is 0. The lowest BCUT2D eigenvalue weighted by atomic mass is 10.2. The zero-order chi connectivity index (χ0) is 8.31. The smallest absolute Gasteiger partial charge is 0.334 e. The van der Waals surface area contributed by atoms with Gasteiger partial charge in [0, 0.05) is 0 Å². The predicted molar refractivity (Wildman–Crippen MR) is 29.5 cm³/mol. The van der Waals surface area contributed by atoms with Crippen LogP contribution in [0.1, 0.15) is 0 Å². The Bertz CT molecular complexity index is 139. The van der Waals surface area contributed by atoms with Crippen molar-refractivity contribution in [2.24, 2.45) is 5.73 Å². The molecule has 0 aliphatic heterocycles. The van der Waals surface area contributed by atoms with Gasteiger partial charge in [-0.3, -0.25) is 5.73 Å². The van der Waals surface area contributed by atoms with Crippen molar-refractivity contribution in [1.29, 1.82) is 0 Å². The highest BCUT2D eigenvalue weighted by Gasteiger charge is 2.28. The molecule has 0 aromatic carbocycles. The largest absolute Gasteiger partial charge is 0.479 e. The first-order valence-electron chi connectivity index (χ1n) is 2.49.